The van der Waals surface area contributed by atoms with Crippen molar-refractivity contribution >= 4 is 17.9 Å². The molecule has 1 atom stereocenters. The molecule has 29 heavy (non-hydrogen) atoms. The molecule has 1 heterocycles. The summed E-state index contributed by atoms with van der Waals surface area (Å²) < 4.78 is 45.9. The lowest BCUT2D eigenvalue weighted by Crippen LogP contribution is -2.23. The average molecular weight is 408 g/mol. The lowest BCUT2D eigenvalue weighted by Gasteiger charge is -2.18. The van der Waals surface area contributed by atoms with Crippen molar-refractivity contribution in [1.82, 2.24) is 15.1 Å². The Morgan fingerprint density at radius 1 is 1.31 bits per heavy atom. The van der Waals surface area contributed by atoms with Gasteiger partial charge in [-0.15, -0.1) is 0 Å². The number of halogens is 3. The Kier molecular flexibility index (Phi) is 7.72. The minimum absolute atomic E-state index is 0.385. The van der Waals surface area contributed by atoms with E-state index in [1.165, 1.54) is 22.9 Å². The number of amidine groups is 1. The molecule has 0 saturated heterocycles. The summed E-state index contributed by atoms with van der Waals surface area (Å²) in [4.78, 5) is 14.9. The number of nitrogens with one attached hydrogen (secondary N) is 1. The minimum Gasteiger partial charge on any atom is -0.369 e. The highest BCUT2D eigenvalue weighted by Gasteiger charge is 2.30. The van der Waals surface area contributed by atoms with Gasteiger partial charge < -0.3 is 10.1 Å². The summed E-state index contributed by atoms with van der Waals surface area (Å²) in [5.41, 5.74) is 0.495. The molecule has 1 unspecified atom stereocenters. The number of carbonyl (C=O) groups is 1. The predicted octanol–water partition coefficient (Wildman–Crippen LogP) is 4.05. The molecule has 1 aromatic carbocycles. The maximum absolute atomic E-state index is 12.8. The Morgan fingerprint density at radius 3 is 2.55 bits per heavy atom. The summed E-state index contributed by atoms with van der Waals surface area (Å²) in [6.45, 7) is 4.10. The van der Waals surface area contributed by atoms with E-state index in [9.17, 15) is 18.0 Å². The molecule has 0 aliphatic heterocycles. The van der Waals surface area contributed by atoms with E-state index in [4.69, 9.17) is 4.74 Å². The molecule has 9 heteroatoms. The van der Waals surface area contributed by atoms with Crippen molar-refractivity contribution < 1.29 is 22.7 Å². The van der Waals surface area contributed by atoms with Crippen molar-refractivity contribution in [2.24, 2.45) is 4.99 Å². The minimum atomic E-state index is -4.40. The van der Waals surface area contributed by atoms with Crippen LogP contribution in [0.4, 0.5) is 13.2 Å². The Labute approximate surface area is 167 Å². The number of nitrogens with zero attached hydrogens (tertiary/aromatic N) is 3. The van der Waals surface area contributed by atoms with Crippen molar-refractivity contribution in [3.8, 4) is 0 Å². The summed E-state index contributed by atoms with van der Waals surface area (Å²) in [5.74, 6) is 0.965. The lowest BCUT2D eigenvalue weighted by molar-refractivity contribution is -0.137. The first kappa shape index (κ1) is 22.4. The van der Waals surface area contributed by atoms with Gasteiger partial charge in [0.1, 0.15) is 18.2 Å². The van der Waals surface area contributed by atoms with E-state index in [1.807, 2.05) is 6.92 Å². The number of aliphatic imine (C=N–C) groups is 1. The van der Waals surface area contributed by atoms with Crippen LogP contribution in [0.15, 0.2) is 47.7 Å². The van der Waals surface area contributed by atoms with Crippen LogP contribution in [-0.4, -0.2) is 35.6 Å². The van der Waals surface area contributed by atoms with Crippen LogP contribution >= 0.6 is 0 Å². The molecule has 0 fully saturated rings. The average Bonchev–Trinajstić information content (AvgIpc) is 3.17. The molecule has 1 N–H and O–H groups in total. The number of ether oxygens (including phenoxy) is 1. The van der Waals surface area contributed by atoms with Crippen LogP contribution in [-0.2, 0) is 15.7 Å². The summed E-state index contributed by atoms with van der Waals surface area (Å²) in [7, 11) is 1.61. The number of carbonyl (C=O) groups excluding carboxylic acids is 1. The first-order chi connectivity index (χ1) is 13.8. The number of allylic oxidation sites excluding steroid dienone is 1. The molecule has 0 aliphatic rings. The van der Waals surface area contributed by atoms with Gasteiger partial charge in [-0.3, -0.25) is 9.79 Å². The van der Waals surface area contributed by atoms with E-state index in [-0.39, 0.29) is 0 Å². The largest absolute Gasteiger partial charge is 0.416 e. The van der Waals surface area contributed by atoms with Gasteiger partial charge in [0.15, 0.2) is 0 Å². The van der Waals surface area contributed by atoms with E-state index in [1.54, 1.807) is 26.4 Å². The van der Waals surface area contributed by atoms with E-state index in [0.29, 0.717) is 35.7 Å². The van der Waals surface area contributed by atoms with E-state index < -0.39 is 17.8 Å². The van der Waals surface area contributed by atoms with E-state index >= 15 is 0 Å². The van der Waals surface area contributed by atoms with Gasteiger partial charge in [0.05, 0.1) is 17.6 Å². The van der Waals surface area contributed by atoms with Crippen LogP contribution in [0.25, 0.3) is 5.82 Å². The third-order valence-corrected chi connectivity index (χ3v) is 4.05. The van der Waals surface area contributed by atoms with Gasteiger partial charge in [0, 0.05) is 31.5 Å². The van der Waals surface area contributed by atoms with Gasteiger partial charge in [-0.2, -0.15) is 18.3 Å². The Hall–Kier alpha value is -2.94. The number of rotatable bonds is 8. The Balaban J connectivity index is 2.36. The smallest absolute Gasteiger partial charge is 0.369 e. The fraction of sp³-hybridized carbons (Fsp3) is 0.350. The summed E-state index contributed by atoms with van der Waals surface area (Å²) in [5, 5.41) is 7.20. The highest BCUT2D eigenvalue weighted by atomic mass is 19.4. The fourth-order valence-electron chi connectivity index (χ4n) is 2.55. The topological polar surface area (TPSA) is 68.5 Å². The van der Waals surface area contributed by atoms with Crippen molar-refractivity contribution in [3.63, 3.8) is 0 Å². The van der Waals surface area contributed by atoms with E-state index in [2.05, 4.69) is 15.4 Å². The molecule has 2 aromatic rings. The van der Waals surface area contributed by atoms with Crippen LogP contribution in [0.2, 0.25) is 0 Å². The maximum Gasteiger partial charge on any atom is 0.416 e. The molecule has 0 spiro atoms. The molecule has 0 aliphatic carbocycles. The van der Waals surface area contributed by atoms with E-state index in [0.717, 1.165) is 18.6 Å². The number of benzene rings is 1. The van der Waals surface area contributed by atoms with Crippen LogP contribution in [0.3, 0.4) is 0 Å². The molecule has 0 radical (unpaired) electrons. The van der Waals surface area contributed by atoms with Crippen LogP contribution in [0.5, 0.6) is 0 Å². The number of alkyl halides is 3. The monoisotopic (exact) mass is 408 g/mol. The third kappa shape index (κ3) is 6.02. The number of aromatic nitrogens is 2. The summed E-state index contributed by atoms with van der Waals surface area (Å²) in [6, 6.07) is 4.86. The van der Waals surface area contributed by atoms with Gasteiger partial charge in [-0.05, 0) is 31.0 Å². The zero-order valence-corrected chi connectivity index (χ0v) is 16.4. The van der Waals surface area contributed by atoms with Crippen molar-refractivity contribution in [3.05, 3.63) is 59.4 Å². The van der Waals surface area contributed by atoms with Gasteiger partial charge in [-0.1, -0.05) is 19.1 Å². The molecule has 0 bridgehead atoms. The van der Waals surface area contributed by atoms with Gasteiger partial charge in [-0.25, -0.2) is 4.68 Å². The predicted molar refractivity (Wildman–Crippen MR) is 104 cm³/mol. The second-order valence-electron chi connectivity index (χ2n) is 6.21. The Morgan fingerprint density at radius 2 is 2.00 bits per heavy atom. The Bertz CT molecular complexity index is 871. The highest BCUT2D eigenvalue weighted by Crippen LogP contribution is 2.32. The van der Waals surface area contributed by atoms with Crippen molar-refractivity contribution in [1.29, 1.82) is 0 Å². The second-order valence-corrected chi connectivity index (χ2v) is 6.21. The zero-order valence-electron chi connectivity index (χ0n) is 16.4. The standard InChI is InChI=1S/C20H23F3N4O2/c1-4-11-29-19(15-5-7-17(8-6-15)20(21,22)23)16-12-25-27(13-16)18(9-10-28)26-14(2)24-3/h5-10,12-13,19H,4,11H2,1-3H3,(H,24,26)/b18-9+. The normalized spacial score (nSPS) is 14.0. The summed E-state index contributed by atoms with van der Waals surface area (Å²) >= 11 is 0. The molecule has 0 amide bonds. The SMILES string of the molecule is CCCOC(c1ccc(C(F)(F)F)cc1)c1cnn(/C(=C/C=O)NC(C)=NC)c1. The maximum atomic E-state index is 12.8. The van der Waals surface area contributed by atoms with Gasteiger partial charge in [0.2, 0.25) is 0 Å². The lowest BCUT2D eigenvalue weighted by atomic mass is 10.0. The summed E-state index contributed by atoms with van der Waals surface area (Å²) in [6.07, 6.45) is 0.876. The molecule has 156 valence electrons. The first-order valence-electron chi connectivity index (χ1n) is 8.99. The molecular formula is C20H23F3N4O2. The van der Waals surface area contributed by atoms with Crippen molar-refractivity contribution in [2.45, 2.75) is 32.5 Å². The van der Waals surface area contributed by atoms with Crippen LogP contribution < -0.4 is 5.32 Å². The first-order valence-corrected chi connectivity index (χ1v) is 8.99. The van der Waals surface area contributed by atoms with Crippen LogP contribution in [0.1, 0.15) is 43.1 Å². The second kappa shape index (κ2) is 10.0. The number of hydrogen-bond donors (Lipinski definition) is 1. The third-order valence-electron chi connectivity index (χ3n) is 4.05. The molecule has 1 aromatic heterocycles. The number of aldehydes is 1. The highest BCUT2D eigenvalue weighted by molar-refractivity contribution is 5.88. The quantitative estimate of drug-likeness (QED) is 0.310. The van der Waals surface area contributed by atoms with Crippen molar-refractivity contribution in [2.75, 3.05) is 13.7 Å². The molecule has 6 nitrogen and oxygen atoms in total. The molecule has 2 rings (SSSR count). The van der Waals surface area contributed by atoms with Gasteiger partial charge in [0.25, 0.3) is 0 Å². The molecule has 0 saturated carbocycles. The van der Waals surface area contributed by atoms with Crippen LogP contribution in [0, 0.1) is 0 Å². The fourth-order valence-corrected chi connectivity index (χ4v) is 2.55. The zero-order chi connectivity index (χ0) is 21.4. The molecular weight excluding hydrogens is 385 g/mol. The number of hydrogen-bond acceptors (Lipinski definition) is 4. The van der Waals surface area contributed by atoms with Gasteiger partial charge >= 0.3 is 6.18 Å².